The molecule has 0 amide bonds. The smallest absolute Gasteiger partial charge is 0.307 e. The zero-order valence-electron chi connectivity index (χ0n) is 20.6. The van der Waals surface area contributed by atoms with Gasteiger partial charge in [-0.25, -0.2) is 4.98 Å². The van der Waals surface area contributed by atoms with Gasteiger partial charge in [-0.3, -0.25) is 4.79 Å². The van der Waals surface area contributed by atoms with Crippen molar-refractivity contribution in [3.63, 3.8) is 0 Å². The molecule has 35 heavy (non-hydrogen) atoms. The number of anilines is 1. The maximum atomic E-state index is 12.1. The zero-order valence-corrected chi connectivity index (χ0v) is 22.2. The van der Waals surface area contributed by atoms with Gasteiger partial charge >= 0.3 is 5.97 Å². The van der Waals surface area contributed by atoms with Gasteiger partial charge in [0.2, 0.25) is 0 Å². The Bertz CT molecular complexity index is 1200. The van der Waals surface area contributed by atoms with Crippen LogP contribution in [0.5, 0.6) is 0 Å². The molecule has 0 atom stereocenters. The Kier molecular flexibility index (Phi) is 8.72. The van der Waals surface area contributed by atoms with Gasteiger partial charge < -0.3 is 9.64 Å². The number of benzene rings is 2. The number of aromatic nitrogens is 1. The molecule has 182 valence electrons. The summed E-state index contributed by atoms with van der Waals surface area (Å²) in [6.45, 7) is 7.99. The lowest BCUT2D eigenvalue weighted by molar-refractivity contribution is -0.142. The van der Waals surface area contributed by atoms with E-state index in [1.807, 2.05) is 25.1 Å². The van der Waals surface area contributed by atoms with Gasteiger partial charge in [-0.15, -0.1) is 11.3 Å². The van der Waals surface area contributed by atoms with E-state index in [1.54, 1.807) is 22.7 Å². The summed E-state index contributed by atoms with van der Waals surface area (Å²) in [5.41, 5.74) is 5.84. The first-order valence-electron chi connectivity index (χ1n) is 12.1. The Morgan fingerprint density at radius 1 is 1.00 bits per heavy atom. The van der Waals surface area contributed by atoms with Gasteiger partial charge in [-0.05, 0) is 52.8 Å². The van der Waals surface area contributed by atoms with Crippen molar-refractivity contribution in [3.05, 3.63) is 81.9 Å². The average Bonchev–Trinajstić information content (AvgIpc) is 3.53. The lowest BCUT2D eigenvalue weighted by Crippen LogP contribution is -2.26. The summed E-state index contributed by atoms with van der Waals surface area (Å²) >= 11 is 3.45. The van der Waals surface area contributed by atoms with E-state index in [0.29, 0.717) is 32.0 Å². The lowest BCUT2D eigenvalue weighted by atomic mass is 10.0. The summed E-state index contributed by atoms with van der Waals surface area (Å²) in [5.74, 6) is 0.350. The van der Waals surface area contributed by atoms with Crippen LogP contribution in [0.2, 0.25) is 0 Å². The van der Waals surface area contributed by atoms with Crippen LogP contribution in [0.1, 0.15) is 37.6 Å². The molecule has 0 saturated heterocycles. The van der Waals surface area contributed by atoms with Crippen LogP contribution in [0.4, 0.5) is 5.13 Å². The molecule has 0 bridgehead atoms. The first kappa shape index (κ1) is 25.1. The molecule has 6 heteroatoms. The van der Waals surface area contributed by atoms with E-state index < -0.39 is 0 Å². The highest BCUT2D eigenvalue weighted by Gasteiger charge is 2.20. The molecule has 4 rings (SSSR count). The minimum Gasteiger partial charge on any atom is -0.466 e. The molecule has 0 radical (unpaired) electrons. The van der Waals surface area contributed by atoms with Crippen molar-refractivity contribution < 1.29 is 9.53 Å². The lowest BCUT2D eigenvalue weighted by Gasteiger charge is -2.21. The SMILES string of the molecule is CCOC(=O)CCN(Cc1ccccc1)c1nc(-c2ccc(-c3ccsc3)cc2)c(CC(C)C)s1. The Labute approximate surface area is 216 Å². The van der Waals surface area contributed by atoms with Crippen LogP contribution >= 0.6 is 22.7 Å². The van der Waals surface area contributed by atoms with Crippen LogP contribution in [0.3, 0.4) is 0 Å². The summed E-state index contributed by atoms with van der Waals surface area (Å²) < 4.78 is 5.19. The largest absolute Gasteiger partial charge is 0.466 e. The number of hydrogen-bond acceptors (Lipinski definition) is 6. The van der Waals surface area contributed by atoms with Crippen molar-refractivity contribution in [1.82, 2.24) is 4.98 Å². The van der Waals surface area contributed by atoms with Crippen LogP contribution in [0.15, 0.2) is 71.4 Å². The number of nitrogens with zero attached hydrogens (tertiary/aromatic N) is 2. The Morgan fingerprint density at radius 2 is 1.74 bits per heavy atom. The number of ether oxygens (including phenoxy) is 1. The number of thiazole rings is 1. The van der Waals surface area contributed by atoms with Gasteiger partial charge in [0.1, 0.15) is 0 Å². The van der Waals surface area contributed by atoms with Crippen LogP contribution in [0.25, 0.3) is 22.4 Å². The Morgan fingerprint density at radius 3 is 2.40 bits per heavy atom. The molecule has 0 aliphatic rings. The molecular formula is C29H32N2O2S2. The molecule has 2 aromatic heterocycles. The topological polar surface area (TPSA) is 42.4 Å². The van der Waals surface area contributed by atoms with Gasteiger partial charge in [0.15, 0.2) is 5.13 Å². The van der Waals surface area contributed by atoms with Crippen LogP contribution in [-0.4, -0.2) is 24.1 Å². The van der Waals surface area contributed by atoms with E-state index in [4.69, 9.17) is 9.72 Å². The van der Waals surface area contributed by atoms with Gasteiger partial charge in [-0.2, -0.15) is 11.3 Å². The van der Waals surface area contributed by atoms with Crippen molar-refractivity contribution in [2.75, 3.05) is 18.1 Å². The third kappa shape index (κ3) is 6.80. The van der Waals surface area contributed by atoms with Crippen LogP contribution < -0.4 is 4.90 Å². The van der Waals surface area contributed by atoms with Crippen LogP contribution in [-0.2, 0) is 22.5 Å². The summed E-state index contributed by atoms with van der Waals surface area (Å²) in [5, 5.41) is 5.23. The first-order valence-corrected chi connectivity index (χ1v) is 13.9. The maximum absolute atomic E-state index is 12.1. The predicted octanol–water partition coefficient (Wildman–Crippen LogP) is 7.70. The van der Waals surface area contributed by atoms with Crippen molar-refractivity contribution in [2.24, 2.45) is 5.92 Å². The Hall–Kier alpha value is -2.96. The van der Waals surface area contributed by atoms with Crippen molar-refractivity contribution in [1.29, 1.82) is 0 Å². The molecule has 0 aliphatic carbocycles. The van der Waals surface area contributed by atoms with Gasteiger partial charge in [-0.1, -0.05) is 68.4 Å². The second-order valence-electron chi connectivity index (χ2n) is 8.92. The van der Waals surface area contributed by atoms with Gasteiger partial charge in [0, 0.05) is 23.5 Å². The second-order valence-corrected chi connectivity index (χ2v) is 10.8. The number of carbonyl (C=O) groups is 1. The average molecular weight is 505 g/mol. The maximum Gasteiger partial charge on any atom is 0.307 e. The molecule has 4 nitrogen and oxygen atoms in total. The molecule has 0 N–H and O–H groups in total. The van der Waals surface area contributed by atoms with Gasteiger partial charge in [0.05, 0.1) is 18.7 Å². The fourth-order valence-electron chi connectivity index (χ4n) is 3.96. The Balaban J connectivity index is 1.65. The molecule has 0 saturated carbocycles. The first-order chi connectivity index (χ1) is 17.0. The molecule has 0 fully saturated rings. The number of thiophene rings is 1. The molecule has 2 aromatic carbocycles. The summed E-state index contributed by atoms with van der Waals surface area (Å²) in [7, 11) is 0. The standard InChI is InChI=1S/C29H32N2O2S2/c1-4-33-27(32)14-16-31(19-22-8-6-5-7-9-22)29-30-28(26(35-29)18-21(2)3)24-12-10-23(11-13-24)25-15-17-34-20-25/h5-13,15,17,20-21H,4,14,16,18-19H2,1-3H3. The third-order valence-corrected chi connectivity index (χ3v) is 7.49. The molecule has 0 unspecified atom stereocenters. The molecule has 0 spiro atoms. The highest BCUT2D eigenvalue weighted by atomic mass is 32.1. The van der Waals surface area contributed by atoms with E-state index in [9.17, 15) is 4.79 Å². The molecule has 4 aromatic rings. The monoisotopic (exact) mass is 504 g/mol. The second kappa shape index (κ2) is 12.1. The minimum atomic E-state index is -0.172. The van der Waals surface area contributed by atoms with Crippen molar-refractivity contribution in [2.45, 2.75) is 40.2 Å². The number of carbonyl (C=O) groups excluding carboxylic acids is 1. The molecule has 2 heterocycles. The minimum absolute atomic E-state index is 0.172. The van der Waals surface area contributed by atoms with Crippen LogP contribution in [0, 0.1) is 5.92 Å². The van der Waals surface area contributed by atoms with E-state index in [0.717, 1.165) is 22.8 Å². The fraction of sp³-hybridized carbons (Fsp3) is 0.310. The van der Waals surface area contributed by atoms with E-state index in [2.05, 4.69) is 72.0 Å². The van der Waals surface area contributed by atoms with E-state index >= 15 is 0 Å². The van der Waals surface area contributed by atoms with Crippen molar-refractivity contribution >= 4 is 33.8 Å². The summed E-state index contributed by atoms with van der Waals surface area (Å²) in [6.07, 6.45) is 1.31. The third-order valence-electron chi connectivity index (χ3n) is 5.67. The summed E-state index contributed by atoms with van der Waals surface area (Å²) in [6, 6.07) is 21.2. The highest BCUT2D eigenvalue weighted by molar-refractivity contribution is 7.16. The number of esters is 1. The predicted molar refractivity (Wildman–Crippen MR) is 148 cm³/mol. The molecule has 0 aliphatic heterocycles. The molecular weight excluding hydrogens is 472 g/mol. The quantitative estimate of drug-likeness (QED) is 0.196. The van der Waals surface area contributed by atoms with Gasteiger partial charge in [0.25, 0.3) is 0 Å². The highest BCUT2D eigenvalue weighted by Crippen LogP contribution is 2.36. The number of rotatable bonds is 11. The zero-order chi connectivity index (χ0) is 24.6. The van der Waals surface area contributed by atoms with Crippen molar-refractivity contribution in [3.8, 4) is 22.4 Å². The van der Waals surface area contributed by atoms with E-state index in [1.165, 1.54) is 21.6 Å². The van der Waals surface area contributed by atoms with E-state index in [-0.39, 0.29) is 5.97 Å². The fourth-order valence-corrected chi connectivity index (χ4v) is 5.95. The normalized spacial score (nSPS) is 11.1. The summed E-state index contributed by atoms with van der Waals surface area (Å²) in [4.78, 5) is 20.8. The number of hydrogen-bond donors (Lipinski definition) is 0.